The maximum Gasteiger partial charge on any atom is 0.446 e. The molecular formula is C13H8F6O2S2. The maximum absolute atomic E-state index is 13.1. The first-order valence-electron chi connectivity index (χ1n) is 6.03. The molecule has 2 rings (SSSR count). The number of carboxylic acids is 1. The Morgan fingerprint density at radius 1 is 1.22 bits per heavy atom. The van der Waals surface area contributed by atoms with Gasteiger partial charge in [-0.2, -0.15) is 26.3 Å². The highest BCUT2D eigenvalue weighted by molar-refractivity contribution is 8.00. The number of thioether (sulfide) groups is 2. The largest absolute Gasteiger partial charge is 0.478 e. The summed E-state index contributed by atoms with van der Waals surface area (Å²) in [6, 6.07) is 3.36. The van der Waals surface area contributed by atoms with Crippen molar-refractivity contribution in [3.63, 3.8) is 0 Å². The second kappa shape index (κ2) is 6.31. The van der Waals surface area contributed by atoms with E-state index in [4.69, 9.17) is 5.11 Å². The van der Waals surface area contributed by atoms with Crippen LogP contribution in [0.1, 0.15) is 5.56 Å². The third-order valence-electron chi connectivity index (χ3n) is 2.88. The van der Waals surface area contributed by atoms with Crippen molar-refractivity contribution >= 4 is 29.5 Å². The molecular weight excluding hydrogens is 366 g/mol. The van der Waals surface area contributed by atoms with Gasteiger partial charge in [0.25, 0.3) is 0 Å². The minimum atomic E-state index is -4.78. The van der Waals surface area contributed by atoms with Gasteiger partial charge in [0.05, 0.1) is 5.57 Å². The molecule has 0 fully saturated rings. The first-order valence-corrected chi connectivity index (χ1v) is 7.72. The average Bonchev–Trinajstić information content (AvgIpc) is 2.55. The van der Waals surface area contributed by atoms with E-state index in [1.807, 2.05) is 0 Å². The normalized spacial score (nSPS) is 18.9. The first-order chi connectivity index (χ1) is 10.5. The quantitative estimate of drug-likeness (QED) is 0.591. The Kier molecular flexibility index (Phi) is 4.95. The zero-order chi connectivity index (χ0) is 17.4. The lowest BCUT2D eigenvalue weighted by Crippen LogP contribution is -2.30. The van der Waals surface area contributed by atoms with Gasteiger partial charge in [-0.3, -0.25) is 0 Å². The fourth-order valence-corrected chi connectivity index (χ4v) is 3.74. The predicted octanol–water partition coefficient (Wildman–Crippen LogP) is 4.89. The van der Waals surface area contributed by atoms with Crippen molar-refractivity contribution in [2.45, 2.75) is 33.1 Å². The minimum Gasteiger partial charge on any atom is -0.478 e. The standard InChI is InChI=1S/C13H8F6O2S2/c14-12(15,16)10-8(11(20)21)3-1-6-5-7(23-13(17,18)19)2-4-9(6)22-10/h2-5,10H,1H2,(H,20,21). The van der Waals surface area contributed by atoms with E-state index >= 15 is 0 Å². The number of alkyl halides is 6. The highest BCUT2D eigenvalue weighted by atomic mass is 32.2. The summed E-state index contributed by atoms with van der Waals surface area (Å²) in [5.74, 6) is -1.70. The monoisotopic (exact) mass is 374 g/mol. The van der Waals surface area contributed by atoms with Crippen molar-refractivity contribution in [2.75, 3.05) is 0 Å². The molecule has 1 heterocycles. The highest BCUT2D eigenvalue weighted by Gasteiger charge is 2.46. The first kappa shape index (κ1) is 18.1. The number of rotatable bonds is 2. The number of allylic oxidation sites excluding steroid dienone is 1. The summed E-state index contributed by atoms with van der Waals surface area (Å²) in [5.41, 5.74) is -5.10. The highest BCUT2D eigenvalue weighted by Crippen LogP contribution is 2.45. The number of carboxylic acid groups (broad SMARTS) is 1. The fraction of sp³-hybridized carbons (Fsp3) is 0.308. The van der Waals surface area contributed by atoms with Crippen LogP contribution in [0.4, 0.5) is 26.3 Å². The Morgan fingerprint density at radius 2 is 1.87 bits per heavy atom. The topological polar surface area (TPSA) is 37.3 Å². The van der Waals surface area contributed by atoms with Crippen molar-refractivity contribution in [3.05, 3.63) is 35.4 Å². The van der Waals surface area contributed by atoms with Crippen LogP contribution in [0.5, 0.6) is 0 Å². The molecule has 1 aliphatic rings. The number of benzene rings is 1. The van der Waals surface area contributed by atoms with Gasteiger partial charge in [0.2, 0.25) is 0 Å². The van der Waals surface area contributed by atoms with E-state index in [-0.39, 0.29) is 45.3 Å². The smallest absolute Gasteiger partial charge is 0.446 e. The predicted molar refractivity (Wildman–Crippen MR) is 73.5 cm³/mol. The van der Waals surface area contributed by atoms with E-state index in [2.05, 4.69) is 0 Å². The molecule has 1 N–H and O–H groups in total. The zero-order valence-electron chi connectivity index (χ0n) is 11.0. The summed E-state index contributed by atoms with van der Waals surface area (Å²) in [7, 11) is 0. The molecule has 0 aromatic heterocycles. The molecule has 0 radical (unpaired) electrons. The van der Waals surface area contributed by atoms with Crippen LogP contribution < -0.4 is 0 Å². The number of aliphatic carboxylic acids is 1. The summed E-state index contributed by atoms with van der Waals surface area (Å²) >= 11 is -0.0914. The Morgan fingerprint density at radius 3 is 2.39 bits per heavy atom. The third-order valence-corrected chi connectivity index (χ3v) is 5.01. The van der Waals surface area contributed by atoms with Crippen LogP contribution in [0.3, 0.4) is 0 Å². The lowest BCUT2D eigenvalue weighted by molar-refractivity contribution is -0.140. The van der Waals surface area contributed by atoms with Gasteiger partial charge in [-0.1, -0.05) is 6.08 Å². The molecule has 0 saturated heterocycles. The van der Waals surface area contributed by atoms with Gasteiger partial charge >= 0.3 is 17.7 Å². The molecule has 1 unspecified atom stereocenters. The molecule has 23 heavy (non-hydrogen) atoms. The SMILES string of the molecule is O=C(O)C1=CCc2cc(SC(F)(F)F)ccc2SC1C(F)(F)F. The van der Waals surface area contributed by atoms with Crippen molar-refractivity contribution in [2.24, 2.45) is 0 Å². The van der Waals surface area contributed by atoms with E-state index in [0.29, 0.717) is 0 Å². The number of carbonyl (C=O) groups is 1. The van der Waals surface area contributed by atoms with Crippen LogP contribution in [0.25, 0.3) is 0 Å². The van der Waals surface area contributed by atoms with Gasteiger partial charge in [-0.15, -0.1) is 11.8 Å². The zero-order valence-corrected chi connectivity index (χ0v) is 12.7. The summed E-state index contributed by atoms with van der Waals surface area (Å²) < 4.78 is 76.2. The molecule has 126 valence electrons. The van der Waals surface area contributed by atoms with Crippen LogP contribution in [-0.2, 0) is 11.2 Å². The molecule has 1 aromatic carbocycles. The van der Waals surface area contributed by atoms with Crippen LogP contribution in [0.2, 0.25) is 0 Å². The number of hydrogen-bond acceptors (Lipinski definition) is 3. The second-order valence-corrected chi connectivity index (χ2v) is 6.81. The Balaban J connectivity index is 2.40. The molecule has 0 amide bonds. The molecule has 1 aromatic rings. The Bertz CT molecular complexity index is 651. The van der Waals surface area contributed by atoms with Crippen molar-refractivity contribution in [3.8, 4) is 0 Å². The number of hydrogen-bond donors (Lipinski definition) is 1. The van der Waals surface area contributed by atoms with Gasteiger partial charge in [-0.25, -0.2) is 4.79 Å². The van der Waals surface area contributed by atoms with E-state index in [1.54, 1.807) is 0 Å². The summed E-state index contributed by atoms with van der Waals surface area (Å²) in [4.78, 5) is 11.0. The van der Waals surface area contributed by atoms with Gasteiger partial charge in [0.15, 0.2) is 0 Å². The number of halogens is 6. The van der Waals surface area contributed by atoms with Gasteiger partial charge in [0.1, 0.15) is 5.25 Å². The van der Waals surface area contributed by atoms with Crippen LogP contribution >= 0.6 is 23.5 Å². The Hall–Kier alpha value is -1.29. The van der Waals surface area contributed by atoms with E-state index < -0.39 is 28.5 Å². The van der Waals surface area contributed by atoms with Gasteiger partial charge in [0, 0.05) is 9.79 Å². The van der Waals surface area contributed by atoms with E-state index in [1.165, 1.54) is 0 Å². The maximum atomic E-state index is 13.1. The summed E-state index contributed by atoms with van der Waals surface area (Å²) in [5, 5.41) is 6.69. The van der Waals surface area contributed by atoms with E-state index in [9.17, 15) is 31.1 Å². The molecule has 10 heteroatoms. The average molecular weight is 374 g/mol. The summed E-state index contributed by atoms with van der Waals surface area (Å²) in [6.07, 6.45) is -4.06. The number of fused-ring (bicyclic) bond motifs is 1. The summed E-state index contributed by atoms with van der Waals surface area (Å²) in [6.45, 7) is 0. The molecule has 0 bridgehead atoms. The second-order valence-electron chi connectivity index (χ2n) is 4.53. The molecule has 1 aliphatic heterocycles. The third kappa shape index (κ3) is 4.60. The van der Waals surface area contributed by atoms with Crippen molar-refractivity contribution in [1.29, 1.82) is 0 Å². The van der Waals surface area contributed by atoms with Crippen molar-refractivity contribution < 1.29 is 36.2 Å². The Labute approximate surface area is 134 Å². The molecule has 0 spiro atoms. The lowest BCUT2D eigenvalue weighted by atomic mass is 10.1. The molecule has 2 nitrogen and oxygen atoms in total. The van der Waals surface area contributed by atoms with E-state index in [0.717, 1.165) is 24.3 Å². The molecule has 1 atom stereocenters. The lowest BCUT2D eigenvalue weighted by Gasteiger charge is -2.19. The van der Waals surface area contributed by atoms with Crippen LogP contribution in [0, 0.1) is 0 Å². The van der Waals surface area contributed by atoms with Crippen molar-refractivity contribution in [1.82, 2.24) is 0 Å². The molecule has 0 aliphatic carbocycles. The fourth-order valence-electron chi connectivity index (χ4n) is 1.99. The van der Waals surface area contributed by atoms with Gasteiger partial charge < -0.3 is 5.11 Å². The van der Waals surface area contributed by atoms with Crippen LogP contribution in [0.15, 0.2) is 39.6 Å². The minimum absolute atomic E-state index is 0.117. The van der Waals surface area contributed by atoms with Crippen LogP contribution in [-0.4, -0.2) is 28.0 Å². The van der Waals surface area contributed by atoms with Gasteiger partial charge in [-0.05, 0) is 41.9 Å². The molecule has 0 saturated carbocycles.